The second-order valence-electron chi connectivity index (χ2n) is 5.36. The number of aromatic nitrogens is 1. The third-order valence-electron chi connectivity index (χ3n) is 3.86. The van der Waals surface area contributed by atoms with Crippen LogP contribution in [0.25, 0.3) is 0 Å². The topological polar surface area (TPSA) is 82.8 Å². The van der Waals surface area contributed by atoms with Gasteiger partial charge in [0.1, 0.15) is 17.6 Å². The molecule has 0 radical (unpaired) electrons. The van der Waals surface area contributed by atoms with Gasteiger partial charge in [0.15, 0.2) is 0 Å². The molecule has 0 bridgehead atoms. The molecule has 154 valence electrons. The molecule has 0 amide bonds. The third-order valence-corrected chi connectivity index (χ3v) is 5.17. The summed E-state index contributed by atoms with van der Waals surface area (Å²) in [6.07, 6.45) is -1.10. The standard InChI is InChI=1S/C15H6F6N2O5S/c16-13(17)11-10(24-8-3-7(4-22)5-23-6-8)2-1-9-12(11)29-15(27-20,28-21)14(9,25-18)26-19/h1-3,5-6,13H. The molecule has 0 atom stereocenters. The Kier molecular flexibility index (Phi) is 5.87. The molecule has 1 aliphatic rings. The SMILES string of the molecule is N#Cc1cncc(Oc2ccc3c(c2C(F)F)SC(OF)(OF)C3(OF)OF)c1. The highest BCUT2D eigenvalue weighted by molar-refractivity contribution is 8.00. The first-order chi connectivity index (χ1) is 13.9. The number of rotatable bonds is 7. The van der Waals surface area contributed by atoms with Crippen molar-refractivity contribution in [3.63, 3.8) is 0 Å². The molecule has 2 heterocycles. The fourth-order valence-electron chi connectivity index (χ4n) is 2.61. The molecule has 1 aromatic carbocycles. The first-order valence-electron chi connectivity index (χ1n) is 7.28. The van der Waals surface area contributed by atoms with Crippen molar-refractivity contribution in [2.75, 3.05) is 0 Å². The lowest BCUT2D eigenvalue weighted by Gasteiger charge is -2.29. The van der Waals surface area contributed by atoms with E-state index in [0.29, 0.717) is 0 Å². The minimum Gasteiger partial charge on any atom is -0.455 e. The van der Waals surface area contributed by atoms with Gasteiger partial charge in [0.2, 0.25) is 0 Å². The average molecular weight is 440 g/mol. The minimum atomic E-state index is -3.67. The monoisotopic (exact) mass is 440 g/mol. The molecular formula is C15H6F6N2O5S. The van der Waals surface area contributed by atoms with Crippen LogP contribution in [0.3, 0.4) is 0 Å². The largest absolute Gasteiger partial charge is 0.455 e. The Hall–Kier alpha value is -2.57. The molecule has 1 aliphatic heterocycles. The van der Waals surface area contributed by atoms with E-state index in [0.717, 1.165) is 18.3 Å². The van der Waals surface area contributed by atoms with Crippen LogP contribution in [-0.4, -0.2) is 10.1 Å². The fraction of sp³-hybridized carbons (Fsp3) is 0.200. The number of pyridine rings is 1. The summed E-state index contributed by atoms with van der Waals surface area (Å²) in [6.45, 7) is 0. The van der Waals surface area contributed by atoms with Gasteiger partial charge in [-0.2, -0.15) is 5.26 Å². The van der Waals surface area contributed by atoms with Crippen LogP contribution >= 0.6 is 11.8 Å². The van der Waals surface area contributed by atoms with E-state index in [1.807, 2.05) is 0 Å². The molecule has 0 aliphatic carbocycles. The Morgan fingerprint density at radius 1 is 1.03 bits per heavy atom. The van der Waals surface area contributed by atoms with Crippen LogP contribution in [0.5, 0.6) is 11.5 Å². The highest BCUT2D eigenvalue weighted by Crippen LogP contribution is 2.63. The van der Waals surface area contributed by atoms with Gasteiger partial charge in [-0.25, -0.2) is 8.78 Å². The smallest absolute Gasteiger partial charge is 0.358 e. The van der Waals surface area contributed by atoms with Crippen molar-refractivity contribution in [2.45, 2.75) is 22.2 Å². The van der Waals surface area contributed by atoms with Crippen molar-refractivity contribution in [3.8, 4) is 17.6 Å². The van der Waals surface area contributed by atoms with Crippen LogP contribution in [0.1, 0.15) is 23.1 Å². The summed E-state index contributed by atoms with van der Waals surface area (Å²) in [7, 11) is 0. The van der Waals surface area contributed by atoms with E-state index in [2.05, 4.69) is 24.7 Å². The molecule has 29 heavy (non-hydrogen) atoms. The number of hydrogen-bond acceptors (Lipinski definition) is 8. The van der Waals surface area contributed by atoms with Gasteiger partial charge in [-0.3, -0.25) is 4.98 Å². The Labute approximate surface area is 161 Å². The van der Waals surface area contributed by atoms with Crippen LogP contribution < -0.4 is 4.74 Å². The van der Waals surface area contributed by atoms with Gasteiger partial charge in [0.05, 0.1) is 17.3 Å². The minimum absolute atomic E-state index is 0.0444. The Morgan fingerprint density at radius 3 is 2.28 bits per heavy atom. The molecule has 7 nitrogen and oxygen atoms in total. The number of thioether (sulfide) groups is 1. The summed E-state index contributed by atoms with van der Waals surface area (Å²) in [5, 5.41) is 5.22. The fourth-order valence-corrected chi connectivity index (χ4v) is 3.86. The van der Waals surface area contributed by atoms with Gasteiger partial charge in [0, 0.05) is 22.7 Å². The Morgan fingerprint density at radius 2 is 1.72 bits per heavy atom. The molecule has 0 N–H and O–H groups in total. The lowest BCUT2D eigenvalue weighted by Crippen LogP contribution is -2.49. The van der Waals surface area contributed by atoms with E-state index in [1.54, 1.807) is 6.07 Å². The first-order valence-corrected chi connectivity index (χ1v) is 8.10. The Bertz CT molecular complexity index is 951. The van der Waals surface area contributed by atoms with E-state index in [1.165, 1.54) is 12.3 Å². The van der Waals surface area contributed by atoms with Crippen LogP contribution in [-0.2, 0) is 25.6 Å². The van der Waals surface area contributed by atoms with Gasteiger partial charge in [-0.15, -0.1) is 19.8 Å². The lowest BCUT2D eigenvalue weighted by atomic mass is 10.0. The molecular weight excluding hydrogens is 434 g/mol. The van der Waals surface area contributed by atoms with E-state index in [9.17, 15) is 26.9 Å². The van der Waals surface area contributed by atoms with Gasteiger partial charge < -0.3 is 4.74 Å². The van der Waals surface area contributed by atoms with Crippen LogP contribution in [0.4, 0.5) is 26.9 Å². The van der Waals surface area contributed by atoms with E-state index in [4.69, 9.17) is 10.00 Å². The highest BCUT2D eigenvalue weighted by Gasteiger charge is 2.71. The molecule has 0 saturated heterocycles. The van der Waals surface area contributed by atoms with Gasteiger partial charge in [0.25, 0.3) is 6.43 Å². The second kappa shape index (κ2) is 8.05. The zero-order valence-electron chi connectivity index (χ0n) is 13.6. The van der Waals surface area contributed by atoms with Crippen molar-refractivity contribution < 1.29 is 51.4 Å². The number of nitrogens with zero attached hydrogens (tertiary/aromatic N) is 2. The molecule has 14 heteroatoms. The molecule has 3 rings (SSSR count). The van der Waals surface area contributed by atoms with Gasteiger partial charge >= 0.3 is 10.9 Å². The van der Waals surface area contributed by atoms with Crippen molar-refractivity contribution >= 4 is 11.8 Å². The quantitative estimate of drug-likeness (QED) is 0.429. The summed E-state index contributed by atoms with van der Waals surface area (Å²) >= 11 is -0.325. The summed E-state index contributed by atoms with van der Waals surface area (Å²) < 4.78 is 85.1. The van der Waals surface area contributed by atoms with Gasteiger partial charge in [-0.1, -0.05) is 0 Å². The van der Waals surface area contributed by atoms with Crippen molar-refractivity contribution in [2.24, 2.45) is 0 Å². The van der Waals surface area contributed by atoms with Crippen LogP contribution in [0.2, 0.25) is 0 Å². The van der Waals surface area contributed by atoms with Crippen molar-refractivity contribution in [3.05, 3.63) is 47.3 Å². The summed E-state index contributed by atoms with van der Waals surface area (Å²) in [5.41, 5.74) is -1.90. The maximum Gasteiger partial charge on any atom is 0.358 e. The molecule has 2 aromatic rings. The number of fused-ring (bicyclic) bond motifs is 1. The average Bonchev–Trinajstić information content (AvgIpc) is 3.03. The molecule has 0 spiro atoms. The number of ether oxygens (including phenoxy) is 1. The third kappa shape index (κ3) is 3.16. The summed E-state index contributed by atoms with van der Waals surface area (Å²) in [5.74, 6) is -4.39. The zero-order chi connectivity index (χ0) is 21.2. The van der Waals surface area contributed by atoms with Crippen LogP contribution in [0, 0.1) is 11.3 Å². The maximum atomic E-state index is 13.8. The van der Waals surface area contributed by atoms with Crippen molar-refractivity contribution in [1.82, 2.24) is 4.98 Å². The summed E-state index contributed by atoms with van der Waals surface area (Å²) in [4.78, 5) is 15.6. The molecule has 0 fully saturated rings. The number of nitriles is 1. The predicted octanol–water partition coefficient (Wildman–Crippen LogP) is 5.20. The number of hydrogen-bond donors (Lipinski definition) is 0. The molecule has 0 saturated carbocycles. The number of halogens is 6. The maximum absolute atomic E-state index is 13.8. The van der Waals surface area contributed by atoms with Crippen LogP contribution in [0.15, 0.2) is 35.5 Å². The van der Waals surface area contributed by atoms with Crippen molar-refractivity contribution in [1.29, 1.82) is 5.26 Å². The lowest BCUT2D eigenvalue weighted by molar-refractivity contribution is -0.532. The Balaban J connectivity index is 2.17. The summed E-state index contributed by atoms with van der Waals surface area (Å²) in [6, 6.07) is 4.47. The van der Waals surface area contributed by atoms with Gasteiger partial charge in [-0.05, 0) is 42.0 Å². The molecule has 0 unspecified atom stereocenters. The molecule has 1 aromatic heterocycles. The van der Waals surface area contributed by atoms with E-state index < -0.39 is 39.1 Å². The number of alkyl halides is 2. The predicted molar refractivity (Wildman–Crippen MR) is 79.5 cm³/mol. The number of benzene rings is 1. The highest BCUT2D eigenvalue weighted by atomic mass is 32.2. The van der Waals surface area contributed by atoms with E-state index in [-0.39, 0.29) is 23.1 Å². The van der Waals surface area contributed by atoms with E-state index >= 15 is 0 Å². The normalized spacial score (nSPS) is 16.5. The second-order valence-corrected chi connectivity index (χ2v) is 6.51. The zero-order valence-corrected chi connectivity index (χ0v) is 14.4. The first kappa shape index (κ1) is 21.1.